The zero-order valence-electron chi connectivity index (χ0n) is 37.5. The van der Waals surface area contributed by atoms with E-state index in [0.717, 1.165) is 72.8 Å². The number of nitrogens with zero attached hydrogens (tertiary/aromatic N) is 5. The number of fused-ring (bicyclic) bond motifs is 6. The number of alkyl halides is 12. The van der Waals surface area contributed by atoms with Gasteiger partial charge in [0.25, 0.3) is 0 Å². The number of aromatic nitrogens is 4. The molecule has 0 spiro atoms. The molecular weight excluding hydrogens is 983 g/mol. The minimum atomic E-state index is -4.91. The standard InChI is InChI=1S/C57H29F12N5/c58-54(59,60)35-15-20-46-39(25-35)40-26-36(55(61,62)63)16-21-47(40)73(46)50-19-14-33(45-29-44(31-8-3-1-4-9-31)71-53(72-45)32-10-5-2-6-11-32)24-43(50)52-34(30-70)12-7-13-51(52)74-48-22-17-37(56(64,65)66)27-41(48)42-28-38(57(67,68)69)18-23-49(42)74/h1-29H. The summed E-state index contributed by atoms with van der Waals surface area (Å²) in [5.41, 5.74) is -1.75. The molecule has 0 radical (unpaired) electrons. The fourth-order valence-corrected chi connectivity index (χ4v) is 9.53. The highest BCUT2D eigenvalue weighted by molar-refractivity contribution is 6.12. The molecule has 74 heavy (non-hydrogen) atoms. The lowest BCUT2D eigenvalue weighted by atomic mass is 9.93. The van der Waals surface area contributed by atoms with Crippen LogP contribution in [0.2, 0.25) is 0 Å². The highest BCUT2D eigenvalue weighted by atomic mass is 19.4. The van der Waals surface area contributed by atoms with Gasteiger partial charge in [0.05, 0.1) is 78.7 Å². The molecule has 0 fully saturated rings. The molecular formula is C57H29F12N5. The second kappa shape index (κ2) is 17.1. The van der Waals surface area contributed by atoms with Crippen molar-refractivity contribution < 1.29 is 52.7 Å². The summed E-state index contributed by atoms with van der Waals surface area (Å²) in [5.74, 6) is 0.302. The lowest BCUT2D eigenvalue weighted by Gasteiger charge is -2.21. The predicted molar refractivity (Wildman–Crippen MR) is 257 cm³/mol. The van der Waals surface area contributed by atoms with E-state index in [-0.39, 0.29) is 71.7 Å². The molecule has 0 unspecified atom stereocenters. The third-order valence-electron chi connectivity index (χ3n) is 12.9. The van der Waals surface area contributed by atoms with Gasteiger partial charge in [-0.25, -0.2) is 9.97 Å². The van der Waals surface area contributed by atoms with E-state index < -0.39 is 47.0 Å². The van der Waals surface area contributed by atoms with Crippen molar-refractivity contribution in [1.82, 2.24) is 19.1 Å². The Morgan fingerprint density at radius 3 is 1.19 bits per heavy atom. The predicted octanol–water partition coefficient (Wildman–Crippen LogP) is 17.3. The quantitative estimate of drug-likeness (QED) is 0.156. The summed E-state index contributed by atoms with van der Waals surface area (Å²) in [6.45, 7) is 0. The SMILES string of the molecule is N#Cc1cccc(-n2c3ccc(C(F)(F)F)cc3c3cc(C(F)(F)F)ccc32)c1-c1cc(-c2cc(-c3ccccc3)nc(-c3ccccc3)n2)ccc1-n1c2ccc(C(F)(F)F)cc2c2cc(C(F)(F)F)ccc21. The summed E-state index contributed by atoms with van der Waals surface area (Å²) < 4.78 is 175. The van der Waals surface area contributed by atoms with E-state index in [9.17, 15) is 57.9 Å². The van der Waals surface area contributed by atoms with Crippen molar-refractivity contribution in [3.05, 3.63) is 204 Å². The van der Waals surface area contributed by atoms with Gasteiger partial charge in [0.2, 0.25) is 0 Å². The average Bonchev–Trinajstić information content (AvgIpc) is 3.90. The Labute approximate surface area is 410 Å². The molecule has 5 nitrogen and oxygen atoms in total. The van der Waals surface area contributed by atoms with Crippen LogP contribution in [0.15, 0.2) is 176 Å². The van der Waals surface area contributed by atoms with Crippen LogP contribution in [0.5, 0.6) is 0 Å². The first-order chi connectivity index (χ1) is 35.2. The molecule has 0 saturated carbocycles. The number of hydrogen-bond donors (Lipinski definition) is 0. The number of rotatable bonds is 6. The second-order valence-corrected chi connectivity index (χ2v) is 17.3. The van der Waals surface area contributed by atoms with Crippen LogP contribution >= 0.6 is 0 Å². The first-order valence-electron chi connectivity index (χ1n) is 22.3. The Hall–Kier alpha value is -8.91. The highest BCUT2D eigenvalue weighted by Crippen LogP contribution is 2.47. The van der Waals surface area contributed by atoms with Crippen LogP contribution < -0.4 is 0 Å². The second-order valence-electron chi connectivity index (χ2n) is 17.3. The van der Waals surface area contributed by atoms with Crippen LogP contribution in [0.4, 0.5) is 52.7 Å². The van der Waals surface area contributed by atoms with Gasteiger partial charge in [-0.1, -0.05) is 72.8 Å². The minimum Gasteiger partial charge on any atom is -0.309 e. The molecule has 11 aromatic rings. The van der Waals surface area contributed by atoms with E-state index >= 15 is 0 Å². The molecule has 0 saturated heterocycles. The normalized spacial score (nSPS) is 12.6. The number of nitriles is 1. The molecule has 0 aliphatic heterocycles. The van der Waals surface area contributed by atoms with Crippen LogP contribution in [0, 0.1) is 11.3 Å². The molecule has 3 heterocycles. The minimum absolute atomic E-state index is 0.00778. The summed E-state index contributed by atoms with van der Waals surface area (Å²) in [7, 11) is 0. The molecule has 0 aliphatic rings. The Morgan fingerprint density at radius 1 is 0.365 bits per heavy atom. The summed E-state index contributed by atoms with van der Waals surface area (Å²) >= 11 is 0. The van der Waals surface area contributed by atoms with Crippen LogP contribution in [0.1, 0.15) is 27.8 Å². The Morgan fingerprint density at radius 2 is 0.770 bits per heavy atom. The van der Waals surface area contributed by atoms with Crippen molar-refractivity contribution in [2.75, 3.05) is 0 Å². The maximum Gasteiger partial charge on any atom is 0.416 e. The van der Waals surface area contributed by atoms with Crippen molar-refractivity contribution in [3.63, 3.8) is 0 Å². The van der Waals surface area contributed by atoms with Crippen molar-refractivity contribution in [2.24, 2.45) is 0 Å². The first-order valence-corrected chi connectivity index (χ1v) is 22.3. The summed E-state index contributed by atoms with van der Waals surface area (Å²) in [5, 5.41) is 10.2. The largest absolute Gasteiger partial charge is 0.416 e. The van der Waals surface area contributed by atoms with Gasteiger partial charge in [-0.2, -0.15) is 57.9 Å². The van der Waals surface area contributed by atoms with E-state index in [1.165, 1.54) is 27.3 Å². The van der Waals surface area contributed by atoms with Crippen LogP contribution in [-0.2, 0) is 24.7 Å². The Balaban J connectivity index is 1.28. The van der Waals surface area contributed by atoms with Gasteiger partial charge in [0.15, 0.2) is 5.82 Å². The summed E-state index contributed by atoms with van der Waals surface area (Å²) in [6, 6.07) is 41.7. The molecule has 11 rings (SSSR count). The lowest BCUT2D eigenvalue weighted by Crippen LogP contribution is -2.06. The van der Waals surface area contributed by atoms with Crippen LogP contribution in [-0.4, -0.2) is 19.1 Å². The fourth-order valence-electron chi connectivity index (χ4n) is 9.53. The third-order valence-corrected chi connectivity index (χ3v) is 12.9. The van der Waals surface area contributed by atoms with Gasteiger partial charge in [-0.3, -0.25) is 0 Å². The van der Waals surface area contributed by atoms with Gasteiger partial charge < -0.3 is 9.13 Å². The van der Waals surface area contributed by atoms with Gasteiger partial charge in [-0.05, 0) is 103 Å². The van der Waals surface area contributed by atoms with Crippen LogP contribution in [0.3, 0.4) is 0 Å². The van der Waals surface area contributed by atoms with Gasteiger partial charge in [0.1, 0.15) is 0 Å². The molecule has 366 valence electrons. The van der Waals surface area contributed by atoms with E-state index in [1.807, 2.05) is 36.4 Å². The Kier molecular flexibility index (Phi) is 11.0. The smallest absolute Gasteiger partial charge is 0.309 e. The van der Waals surface area contributed by atoms with E-state index in [0.29, 0.717) is 33.9 Å². The van der Waals surface area contributed by atoms with E-state index in [2.05, 4.69) is 6.07 Å². The fraction of sp³-hybridized carbons (Fsp3) is 0.0702. The topological polar surface area (TPSA) is 59.4 Å². The van der Waals surface area contributed by atoms with Gasteiger partial charge in [0, 0.05) is 49.4 Å². The number of benzene rings is 8. The first kappa shape index (κ1) is 47.4. The molecule has 0 amide bonds. The highest BCUT2D eigenvalue weighted by Gasteiger charge is 2.36. The summed E-state index contributed by atoms with van der Waals surface area (Å²) in [4.78, 5) is 9.83. The molecule has 8 aromatic carbocycles. The molecule has 0 aliphatic carbocycles. The van der Waals surface area contributed by atoms with E-state index in [4.69, 9.17) is 9.97 Å². The maximum atomic E-state index is 14.4. The maximum absolute atomic E-state index is 14.4. The zero-order chi connectivity index (χ0) is 52.1. The lowest BCUT2D eigenvalue weighted by molar-refractivity contribution is -0.138. The molecule has 0 bridgehead atoms. The third kappa shape index (κ3) is 8.21. The van der Waals surface area contributed by atoms with Crippen LogP contribution in [0.25, 0.3) is 100 Å². The van der Waals surface area contributed by atoms with Crippen molar-refractivity contribution in [2.45, 2.75) is 24.7 Å². The molecule has 17 heteroatoms. The zero-order valence-corrected chi connectivity index (χ0v) is 37.5. The Bertz CT molecular complexity index is 3880. The number of halogens is 12. The van der Waals surface area contributed by atoms with Crippen molar-refractivity contribution in [1.29, 1.82) is 5.26 Å². The molecule has 0 N–H and O–H groups in total. The van der Waals surface area contributed by atoms with Gasteiger partial charge in [-0.15, -0.1) is 0 Å². The number of hydrogen-bond acceptors (Lipinski definition) is 3. The van der Waals surface area contributed by atoms with Crippen molar-refractivity contribution >= 4 is 43.6 Å². The average molecular weight is 1010 g/mol. The molecule has 3 aromatic heterocycles. The monoisotopic (exact) mass is 1010 g/mol. The van der Waals surface area contributed by atoms with Crippen molar-refractivity contribution in [3.8, 4) is 62.5 Å². The summed E-state index contributed by atoms with van der Waals surface area (Å²) in [6.07, 6.45) is -19.6. The van der Waals surface area contributed by atoms with Gasteiger partial charge >= 0.3 is 24.7 Å². The van der Waals surface area contributed by atoms with E-state index in [1.54, 1.807) is 48.5 Å². The molecule has 0 atom stereocenters.